The minimum atomic E-state index is 0.847. The summed E-state index contributed by atoms with van der Waals surface area (Å²) in [5.41, 5.74) is 13.7. The largest absolute Gasteiger partial charge is 0.398 e. The first-order chi connectivity index (χ1) is 10.1. The first-order valence-corrected chi connectivity index (χ1v) is 7.23. The monoisotopic (exact) mass is 280 g/mol. The van der Waals surface area contributed by atoms with Crippen LogP contribution in [0.25, 0.3) is 16.7 Å². The molecule has 3 heterocycles. The van der Waals surface area contributed by atoms with Gasteiger partial charge in [0.25, 0.3) is 0 Å². The minimum absolute atomic E-state index is 0.847. The van der Waals surface area contributed by atoms with E-state index in [4.69, 9.17) is 10.7 Å². The van der Waals surface area contributed by atoms with Crippen molar-refractivity contribution < 1.29 is 0 Å². The molecule has 0 saturated carbocycles. The molecule has 4 heteroatoms. The molecule has 0 aliphatic carbocycles. The van der Waals surface area contributed by atoms with Crippen LogP contribution < -0.4 is 5.73 Å². The van der Waals surface area contributed by atoms with E-state index in [0.717, 1.165) is 45.8 Å². The van der Waals surface area contributed by atoms with Crippen LogP contribution in [0.15, 0.2) is 24.5 Å². The standard InChI is InChI=1S/C17H20N4/c1-5-14-11(3)16(18)15-10(2)12(4)21(17(15)20-14)13-7-6-8-19-9-13/h6-9H,5H2,1-4H3,(H2,18,20). The number of nitrogen functional groups attached to an aromatic ring is 1. The second-order valence-corrected chi connectivity index (χ2v) is 5.41. The molecule has 0 atom stereocenters. The van der Waals surface area contributed by atoms with Crippen molar-refractivity contribution in [2.75, 3.05) is 5.73 Å². The lowest BCUT2D eigenvalue weighted by molar-refractivity contribution is 0.972. The highest BCUT2D eigenvalue weighted by atomic mass is 15.1. The Balaban J connectivity index is 2.46. The number of fused-ring (bicyclic) bond motifs is 1. The van der Waals surface area contributed by atoms with Crippen LogP contribution in [0.2, 0.25) is 0 Å². The molecule has 108 valence electrons. The van der Waals surface area contributed by atoms with Crippen LogP contribution in [0.5, 0.6) is 0 Å². The topological polar surface area (TPSA) is 56.7 Å². The Morgan fingerprint density at radius 1 is 1.19 bits per heavy atom. The molecule has 0 spiro atoms. The van der Waals surface area contributed by atoms with Gasteiger partial charge in [0, 0.05) is 28.7 Å². The zero-order chi connectivity index (χ0) is 15.1. The number of nitrogens with zero attached hydrogens (tertiary/aromatic N) is 3. The lowest BCUT2D eigenvalue weighted by Gasteiger charge is -2.10. The van der Waals surface area contributed by atoms with Crippen LogP contribution >= 0.6 is 0 Å². The van der Waals surface area contributed by atoms with E-state index in [-0.39, 0.29) is 0 Å². The van der Waals surface area contributed by atoms with E-state index < -0.39 is 0 Å². The summed E-state index contributed by atoms with van der Waals surface area (Å²) in [5, 5.41) is 1.06. The molecule has 3 aromatic rings. The Kier molecular flexibility index (Phi) is 3.16. The van der Waals surface area contributed by atoms with Gasteiger partial charge in [0.15, 0.2) is 0 Å². The maximum Gasteiger partial charge on any atom is 0.147 e. The van der Waals surface area contributed by atoms with Crippen LogP contribution in [-0.4, -0.2) is 14.5 Å². The highest BCUT2D eigenvalue weighted by Gasteiger charge is 2.18. The van der Waals surface area contributed by atoms with Gasteiger partial charge in [-0.25, -0.2) is 4.98 Å². The number of pyridine rings is 2. The number of hydrogen-bond donors (Lipinski definition) is 1. The Morgan fingerprint density at radius 3 is 2.57 bits per heavy atom. The minimum Gasteiger partial charge on any atom is -0.398 e. The summed E-state index contributed by atoms with van der Waals surface area (Å²) in [7, 11) is 0. The van der Waals surface area contributed by atoms with Crippen molar-refractivity contribution in [1.29, 1.82) is 0 Å². The predicted octanol–water partition coefficient (Wildman–Crippen LogP) is 3.49. The number of hydrogen-bond acceptors (Lipinski definition) is 3. The summed E-state index contributed by atoms with van der Waals surface area (Å²) >= 11 is 0. The van der Waals surface area contributed by atoms with Crippen LogP contribution in [0, 0.1) is 20.8 Å². The smallest absolute Gasteiger partial charge is 0.147 e. The predicted molar refractivity (Wildman–Crippen MR) is 86.9 cm³/mol. The molecule has 0 radical (unpaired) electrons. The van der Waals surface area contributed by atoms with Crippen molar-refractivity contribution >= 4 is 16.7 Å². The quantitative estimate of drug-likeness (QED) is 0.781. The molecule has 0 bridgehead atoms. The summed E-state index contributed by atoms with van der Waals surface area (Å²) in [4.78, 5) is 9.09. The van der Waals surface area contributed by atoms with Crippen molar-refractivity contribution in [3.8, 4) is 5.69 Å². The average molecular weight is 280 g/mol. The van der Waals surface area contributed by atoms with Gasteiger partial charge in [-0.3, -0.25) is 9.55 Å². The lowest BCUT2D eigenvalue weighted by Crippen LogP contribution is -2.03. The number of aromatic nitrogens is 3. The first-order valence-electron chi connectivity index (χ1n) is 7.23. The van der Waals surface area contributed by atoms with Gasteiger partial charge in [-0.15, -0.1) is 0 Å². The fourth-order valence-corrected chi connectivity index (χ4v) is 2.92. The molecule has 2 N–H and O–H groups in total. The van der Waals surface area contributed by atoms with Crippen molar-refractivity contribution in [2.45, 2.75) is 34.1 Å². The number of rotatable bonds is 2. The Hall–Kier alpha value is -2.36. The van der Waals surface area contributed by atoms with Gasteiger partial charge in [0.1, 0.15) is 5.65 Å². The van der Waals surface area contributed by atoms with E-state index in [9.17, 15) is 0 Å². The number of aryl methyl sites for hydroxylation is 2. The van der Waals surface area contributed by atoms with Gasteiger partial charge in [-0.2, -0.15) is 0 Å². The van der Waals surface area contributed by atoms with Crippen molar-refractivity contribution in [3.05, 3.63) is 47.0 Å². The molecule has 0 amide bonds. The van der Waals surface area contributed by atoms with E-state index in [2.05, 4.69) is 37.2 Å². The Labute approximate surface area is 124 Å². The highest BCUT2D eigenvalue weighted by Crippen LogP contribution is 2.34. The second kappa shape index (κ2) is 4.88. The number of anilines is 1. The average Bonchev–Trinajstić information content (AvgIpc) is 2.75. The van der Waals surface area contributed by atoms with Crippen LogP contribution in [-0.2, 0) is 6.42 Å². The van der Waals surface area contributed by atoms with Gasteiger partial charge < -0.3 is 5.73 Å². The molecule has 0 saturated heterocycles. The summed E-state index contributed by atoms with van der Waals surface area (Å²) in [6.45, 7) is 8.37. The molecule has 4 nitrogen and oxygen atoms in total. The maximum atomic E-state index is 6.39. The van der Waals surface area contributed by atoms with Gasteiger partial charge in [-0.1, -0.05) is 6.92 Å². The summed E-state index contributed by atoms with van der Waals surface area (Å²) in [5.74, 6) is 0. The van der Waals surface area contributed by atoms with E-state index in [1.165, 1.54) is 5.56 Å². The van der Waals surface area contributed by atoms with Crippen LogP contribution in [0.3, 0.4) is 0 Å². The molecule has 0 aliphatic heterocycles. The molecule has 3 rings (SSSR count). The van der Waals surface area contributed by atoms with E-state index in [1.807, 2.05) is 18.3 Å². The van der Waals surface area contributed by atoms with Crippen LogP contribution in [0.4, 0.5) is 5.69 Å². The van der Waals surface area contributed by atoms with Crippen molar-refractivity contribution in [1.82, 2.24) is 14.5 Å². The Morgan fingerprint density at radius 2 is 1.95 bits per heavy atom. The summed E-state index contributed by atoms with van der Waals surface area (Å²) in [6, 6.07) is 3.98. The van der Waals surface area contributed by atoms with Crippen molar-refractivity contribution in [2.24, 2.45) is 0 Å². The van der Waals surface area contributed by atoms with Crippen molar-refractivity contribution in [3.63, 3.8) is 0 Å². The molecule has 3 aromatic heterocycles. The third-order valence-corrected chi connectivity index (χ3v) is 4.27. The summed E-state index contributed by atoms with van der Waals surface area (Å²) < 4.78 is 2.15. The summed E-state index contributed by atoms with van der Waals surface area (Å²) in [6.07, 6.45) is 4.51. The van der Waals surface area contributed by atoms with Gasteiger partial charge in [-0.05, 0) is 50.5 Å². The second-order valence-electron chi connectivity index (χ2n) is 5.41. The van der Waals surface area contributed by atoms with Gasteiger partial charge in [0.05, 0.1) is 11.9 Å². The maximum absolute atomic E-state index is 6.39. The van der Waals surface area contributed by atoms with E-state index >= 15 is 0 Å². The first kappa shape index (κ1) is 13.6. The molecular formula is C17H20N4. The fourth-order valence-electron chi connectivity index (χ4n) is 2.92. The van der Waals surface area contributed by atoms with Gasteiger partial charge >= 0.3 is 0 Å². The van der Waals surface area contributed by atoms with E-state index in [1.54, 1.807) is 6.20 Å². The third kappa shape index (κ3) is 1.90. The molecule has 0 fully saturated rings. The molecule has 0 unspecified atom stereocenters. The van der Waals surface area contributed by atoms with Crippen LogP contribution in [0.1, 0.15) is 29.4 Å². The zero-order valence-electron chi connectivity index (χ0n) is 12.9. The SMILES string of the molecule is CCc1nc2c(c(C)c(C)n2-c2cccnc2)c(N)c1C. The lowest BCUT2D eigenvalue weighted by atomic mass is 10.1. The Bertz CT molecular complexity index is 816. The molecule has 21 heavy (non-hydrogen) atoms. The third-order valence-electron chi connectivity index (χ3n) is 4.27. The fraction of sp³-hybridized carbons (Fsp3) is 0.294. The number of nitrogens with two attached hydrogens (primary N) is 1. The van der Waals surface area contributed by atoms with E-state index in [0.29, 0.717) is 0 Å². The molecule has 0 aliphatic rings. The zero-order valence-corrected chi connectivity index (χ0v) is 12.9. The molecular weight excluding hydrogens is 260 g/mol. The highest BCUT2D eigenvalue weighted by molar-refractivity contribution is 5.95. The normalized spacial score (nSPS) is 11.2. The molecule has 0 aromatic carbocycles. The van der Waals surface area contributed by atoms with Gasteiger partial charge in [0.2, 0.25) is 0 Å².